The SMILES string of the molecule is O=Cc1ccc(C2CCNCC2)cc1. The molecule has 1 aliphatic rings. The minimum atomic E-state index is 0.678. The number of hydrogen-bond acceptors (Lipinski definition) is 2. The average Bonchev–Trinajstić information content (AvgIpc) is 2.30. The zero-order valence-electron chi connectivity index (χ0n) is 8.20. The predicted octanol–water partition coefficient (Wildman–Crippen LogP) is 1.97. The molecule has 0 spiro atoms. The maximum absolute atomic E-state index is 10.5. The van der Waals surface area contributed by atoms with E-state index in [-0.39, 0.29) is 0 Å². The molecule has 0 unspecified atom stereocenters. The maximum Gasteiger partial charge on any atom is 0.150 e. The summed E-state index contributed by atoms with van der Waals surface area (Å²) in [5, 5.41) is 3.35. The van der Waals surface area contributed by atoms with Gasteiger partial charge in [0, 0.05) is 5.56 Å². The van der Waals surface area contributed by atoms with Crippen LogP contribution in [0.3, 0.4) is 0 Å². The van der Waals surface area contributed by atoms with Gasteiger partial charge >= 0.3 is 0 Å². The van der Waals surface area contributed by atoms with E-state index in [9.17, 15) is 4.79 Å². The van der Waals surface area contributed by atoms with Crippen molar-refractivity contribution in [1.82, 2.24) is 5.32 Å². The first kappa shape index (κ1) is 9.41. The number of hydrogen-bond donors (Lipinski definition) is 1. The van der Waals surface area contributed by atoms with Crippen molar-refractivity contribution in [2.24, 2.45) is 0 Å². The Hall–Kier alpha value is -1.15. The van der Waals surface area contributed by atoms with Crippen LogP contribution in [0.15, 0.2) is 24.3 Å². The van der Waals surface area contributed by atoms with Crippen LogP contribution in [0.5, 0.6) is 0 Å². The van der Waals surface area contributed by atoms with Crippen molar-refractivity contribution in [1.29, 1.82) is 0 Å². The van der Waals surface area contributed by atoms with Crippen LogP contribution in [0.2, 0.25) is 0 Å². The Kier molecular flexibility index (Phi) is 2.94. The van der Waals surface area contributed by atoms with Crippen molar-refractivity contribution in [2.75, 3.05) is 13.1 Å². The summed E-state index contributed by atoms with van der Waals surface area (Å²) in [6, 6.07) is 7.98. The quantitative estimate of drug-likeness (QED) is 0.721. The van der Waals surface area contributed by atoms with E-state index in [1.165, 1.54) is 18.4 Å². The second-order valence-corrected chi connectivity index (χ2v) is 3.81. The summed E-state index contributed by atoms with van der Waals surface area (Å²) in [5.74, 6) is 0.678. The Bertz CT molecular complexity index is 299. The molecule has 1 aromatic rings. The smallest absolute Gasteiger partial charge is 0.150 e. The van der Waals surface area contributed by atoms with Gasteiger partial charge in [0.1, 0.15) is 6.29 Å². The van der Waals surface area contributed by atoms with Gasteiger partial charge in [-0.25, -0.2) is 0 Å². The van der Waals surface area contributed by atoms with Gasteiger partial charge in [-0.05, 0) is 37.4 Å². The molecule has 74 valence electrons. The lowest BCUT2D eigenvalue weighted by molar-refractivity contribution is 0.112. The highest BCUT2D eigenvalue weighted by Gasteiger charge is 2.14. The molecular formula is C12H15NO. The number of carbonyl (C=O) groups is 1. The van der Waals surface area contributed by atoms with Crippen LogP contribution in [-0.4, -0.2) is 19.4 Å². The number of aldehydes is 1. The molecule has 1 heterocycles. The first-order valence-corrected chi connectivity index (χ1v) is 5.16. The standard InChI is InChI=1S/C12H15NO/c14-9-10-1-3-11(4-2-10)12-5-7-13-8-6-12/h1-4,9,12-13H,5-8H2. The summed E-state index contributed by atoms with van der Waals surface area (Å²) in [6.45, 7) is 2.22. The summed E-state index contributed by atoms with van der Waals surface area (Å²) in [5.41, 5.74) is 2.14. The summed E-state index contributed by atoms with van der Waals surface area (Å²) in [6.07, 6.45) is 3.31. The molecule has 1 saturated heterocycles. The van der Waals surface area contributed by atoms with Gasteiger partial charge in [0.15, 0.2) is 0 Å². The second-order valence-electron chi connectivity index (χ2n) is 3.81. The number of benzene rings is 1. The van der Waals surface area contributed by atoms with Crippen molar-refractivity contribution in [3.63, 3.8) is 0 Å². The van der Waals surface area contributed by atoms with Gasteiger partial charge in [-0.3, -0.25) is 4.79 Å². The zero-order chi connectivity index (χ0) is 9.80. The topological polar surface area (TPSA) is 29.1 Å². The molecule has 0 aromatic heterocycles. The highest BCUT2D eigenvalue weighted by atomic mass is 16.1. The van der Waals surface area contributed by atoms with E-state index in [0.29, 0.717) is 5.92 Å². The van der Waals surface area contributed by atoms with Crippen LogP contribution in [0.1, 0.15) is 34.7 Å². The minimum Gasteiger partial charge on any atom is -0.317 e. The normalized spacial score (nSPS) is 18.0. The molecule has 1 aliphatic heterocycles. The lowest BCUT2D eigenvalue weighted by Crippen LogP contribution is -2.26. The lowest BCUT2D eigenvalue weighted by atomic mass is 9.90. The average molecular weight is 189 g/mol. The van der Waals surface area contributed by atoms with Crippen LogP contribution < -0.4 is 5.32 Å². The highest BCUT2D eigenvalue weighted by molar-refractivity contribution is 5.74. The lowest BCUT2D eigenvalue weighted by Gasteiger charge is -2.22. The van der Waals surface area contributed by atoms with Crippen LogP contribution in [0, 0.1) is 0 Å². The van der Waals surface area contributed by atoms with Crippen molar-refractivity contribution in [2.45, 2.75) is 18.8 Å². The first-order chi connectivity index (χ1) is 6.90. The Morgan fingerprint density at radius 2 is 1.79 bits per heavy atom. The molecular weight excluding hydrogens is 174 g/mol. The van der Waals surface area contributed by atoms with Crippen molar-refractivity contribution in [3.8, 4) is 0 Å². The van der Waals surface area contributed by atoms with Gasteiger partial charge in [-0.2, -0.15) is 0 Å². The third-order valence-corrected chi connectivity index (χ3v) is 2.88. The van der Waals surface area contributed by atoms with E-state index in [1.54, 1.807) is 0 Å². The summed E-state index contributed by atoms with van der Waals surface area (Å²) in [4.78, 5) is 10.5. The van der Waals surface area contributed by atoms with E-state index in [1.807, 2.05) is 12.1 Å². The van der Waals surface area contributed by atoms with E-state index < -0.39 is 0 Å². The number of rotatable bonds is 2. The molecule has 0 aliphatic carbocycles. The van der Waals surface area contributed by atoms with Crippen molar-refractivity contribution < 1.29 is 4.79 Å². The molecule has 1 fully saturated rings. The Balaban J connectivity index is 2.11. The molecule has 14 heavy (non-hydrogen) atoms. The molecule has 0 amide bonds. The largest absolute Gasteiger partial charge is 0.317 e. The van der Waals surface area contributed by atoms with E-state index in [2.05, 4.69) is 17.4 Å². The molecule has 0 saturated carbocycles. The molecule has 2 heteroatoms. The van der Waals surface area contributed by atoms with Gasteiger partial charge in [-0.1, -0.05) is 24.3 Å². The van der Waals surface area contributed by atoms with E-state index in [0.717, 1.165) is 24.9 Å². The monoisotopic (exact) mass is 189 g/mol. The Labute approximate surface area is 84.3 Å². The number of piperidine rings is 1. The van der Waals surface area contributed by atoms with Crippen LogP contribution in [0.25, 0.3) is 0 Å². The molecule has 2 rings (SSSR count). The van der Waals surface area contributed by atoms with Crippen LogP contribution in [0.4, 0.5) is 0 Å². The Morgan fingerprint density at radius 1 is 1.14 bits per heavy atom. The van der Waals surface area contributed by atoms with Crippen molar-refractivity contribution in [3.05, 3.63) is 35.4 Å². The summed E-state index contributed by atoms with van der Waals surface area (Å²) < 4.78 is 0. The van der Waals surface area contributed by atoms with E-state index >= 15 is 0 Å². The molecule has 1 aromatic carbocycles. The molecule has 2 nitrogen and oxygen atoms in total. The third-order valence-electron chi connectivity index (χ3n) is 2.88. The third kappa shape index (κ3) is 2.02. The van der Waals surface area contributed by atoms with Gasteiger partial charge in [0.2, 0.25) is 0 Å². The fourth-order valence-electron chi connectivity index (χ4n) is 2.00. The second kappa shape index (κ2) is 4.38. The van der Waals surface area contributed by atoms with Crippen LogP contribution >= 0.6 is 0 Å². The Morgan fingerprint density at radius 3 is 2.36 bits per heavy atom. The van der Waals surface area contributed by atoms with Crippen molar-refractivity contribution >= 4 is 6.29 Å². The maximum atomic E-state index is 10.5. The molecule has 0 atom stereocenters. The van der Waals surface area contributed by atoms with Crippen LogP contribution in [-0.2, 0) is 0 Å². The predicted molar refractivity (Wildman–Crippen MR) is 56.7 cm³/mol. The molecule has 0 radical (unpaired) electrons. The summed E-state index contributed by atoms with van der Waals surface area (Å²) in [7, 11) is 0. The van der Waals surface area contributed by atoms with Gasteiger partial charge < -0.3 is 5.32 Å². The fraction of sp³-hybridized carbons (Fsp3) is 0.417. The van der Waals surface area contributed by atoms with E-state index in [4.69, 9.17) is 0 Å². The highest BCUT2D eigenvalue weighted by Crippen LogP contribution is 2.24. The number of carbonyl (C=O) groups excluding carboxylic acids is 1. The summed E-state index contributed by atoms with van der Waals surface area (Å²) >= 11 is 0. The zero-order valence-corrected chi connectivity index (χ0v) is 8.20. The van der Waals surface area contributed by atoms with Gasteiger partial charge in [0.25, 0.3) is 0 Å². The molecule has 0 bridgehead atoms. The van der Waals surface area contributed by atoms with Gasteiger partial charge in [-0.15, -0.1) is 0 Å². The van der Waals surface area contributed by atoms with Gasteiger partial charge in [0.05, 0.1) is 0 Å². The first-order valence-electron chi connectivity index (χ1n) is 5.16. The fourth-order valence-corrected chi connectivity index (χ4v) is 2.00. The molecule has 1 N–H and O–H groups in total. The number of nitrogens with one attached hydrogen (secondary N) is 1. The minimum absolute atomic E-state index is 0.678.